The first-order chi connectivity index (χ1) is 11.1. The number of fused-ring (bicyclic) bond motifs is 1. The van der Waals surface area contributed by atoms with Crippen molar-refractivity contribution < 1.29 is 9.53 Å². The molecule has 0 aromatic heterocycles. The number of carbonyl (C=O) groups excluding carboxylic acids is 1. The van der Waals surface area contributed by atoms with Crippen molar-refractivity contribution in [2.75, 3.05) is 6.61 Å². The molecule has 0 fully saturated rings. The van der Waals surface area contributed by atoms with Crippen molar-refractivity contribution in [3.05, 3.63) is 59.6 Å². The van der Waals surface area contributed by atoms with Gasteiger partial charge in [-0.25, -0.2) is 0 Å². The molecule has 2 aromatic rings. The topological polar surface area (TPSA) is 26.3 Å². The normalized spacial score (nSPS) is 14.7. The Hall–Kier alpha value is -0.980. The molecule has 0 spiro atoms. The van der Waals surface area contributed by atoms with Crippen molar-refractivity contribution in [2.24, 2.45) is 0 Å². The lowest BCUT2D eigenvalue weighted by molar-refractivity contribution is 0.104. The van der Waals surface area contributed by atoms with E-state index in [1.807, 2.05) is 42.5 Å². The lowest BCUT2D eigenvalue weighted by Gasteiger charge is -2.10. The Morgan fingerprint density at radius 2 is 2.04 bits per heavy atom. The molecular weight excluding hydrogens is 534 g/mol. The predicted octanol–water partition coefficient (Wildman–Crippen LogP) is 5.24. The van der Waals surface area contributed by atoms with E-state index in [1.165, 1.54) is 11.8 Å². The highest BCUT2D eigenvalue weighted by Crippen LogP contribution is 2.42. The van der Waals surface area contributed by atoms with Gasteiger partial charge in [-0.05, 0) is 75.5 Å². The van der Waals surface area contributed by atoms with Gasteiger partial charge in [0.2, 0.25) is 5.78 Å². The third-order valence-electron chi connectivity index (χ3n) is 3.20. The molecule has 0 saturated carbocycles. The molecule has 0 unspecified atom stereocenters. The summed E-state index contributed by atoms with van der Waals surface area (Å²) in [5.41, 5.74) is 1.63. The Morgan fingerprint density at radius 3 is 2.78 bits per heavy atom. The van der Waals surface area contributed by atoms with Crippen LogP contribution in [0.15, 0.2) is 46.2 Å². The van der Waals surface area contributed by atoms with Crippen LogP contribution < -0.4 is 4.74 Å². The smallest absolute Gasteiger partial charge is 0.200 e. The van der Waals surface area contributed by atoms with E-state index in [0.717, 1.165) is 28.9 Å². The molecule has 0 saturated heterocycles. The Balaban J connectivity index is 2.04. The highest BCUT2D eigenvalue weighted by atomic mass is 127. The lowest BCUT2D eigenvalue weighted by atomic mass is 10.1. The maximum Gasteiger partial charge on any atom is 0.200 e. The second-order valence-electron chi connectivity index (χ2n) is 4.73. The van der Waals surface area contributed by atoms with Crippen LogP contribution in [0.1, 0.15) is 15.9 Å². The zero-order valence-electron chi connectivity index (χ0n) is 11.8. The van der Waals surface area contributed by atoms with Crippen molar-refractivity contribution in [2.45, 2.75) is 4.90 Å². The van der Waals surface area contributed by atoms with Crippen molar-refractivity contribution in [3.8, 4) is 18.1 Å². The zero-order chi connectivity index (χ0) is 16.4. The summed E-state index contributed by atoms with van der Waals surface area (Å²) in [7, 11) is 0. The van der Waals surface area contributed by atoms with E-state index < -0.39 is 0 Å². The molecular formula is C18H10I2O2S. The number of hydrogen-bond donors (Lipinski definition) is 0. The number of rotatable bonds is 3. The van der Waals surface area contributed by atoms with Gasteiger partial charge in [-0.3, -0.25) is 4.79 Å². The molecule has 0 atom stereocenters. The van der Waals surface area contributed by atoms with Gasteiger partial charge in [-0.1, -0.05) is 29.8 Å². The molecule has 5 heteroatoms. The summed E-state index contributed by atoms with van der Waals surface area (Å²) in [5.74, 6) is 3.26. The van der Waals surface area contributed by atoms with Crippen molar-refractivity contribution >= 4 is 68.8 Å². The lowest BCUT2D eigenvalue weighted by Crippen LogP contribution is -2.00. The fourth-order valence-corrected chi connectivity index (χ4v) is 5.32. The summed E-state index contributed by atoms with van der Waals surface area (Å²) < 4.78 is 7.74. The molecule has 2 aromatic carbocycles. The summed E-state index contributed by atoms with van der Waals surface area (Å²) >= 11 is 5.97. The van der Waals surface area contributed by atoms with Gasteiger partial charge in [0.25, 0.3) is 0 Å². The first kappa shape index (κ1) is 16.9. The number of thioether (sulfide) groups is 1. The summed E-state index contributed by atoms with van der Waals surface area (Å²) in [6.07, 6.45) is 7.19. The first-order valence-electron chi connectivity index (χ1n) is 6.68. The first-order valence-corrected chi connectivity index (χ1v) is 9.66. The molecule has 0 N–H and O–H groups in total. The average molecular weight is 544 g/mol. The molecule has 1 aliphatic rings. The van der Waals surface area contributed by atoms with Gasteiger partial charge in [0, 0.05) is 19.6 Å². The van der Waals surface area contributed by atoms with Crippen LogP contribution in [0.2, 0.25) is 0 Å². The molecule has 0 bridgehead atoms. The predicted molar refractivity (Wildman–Crippen MR) is 111 cm³/mol. The fourth-order valence-electron chi connectivity index (χ4n) is 2.23. The SMILES string of the molecule is C#CCOc1c(I)cc(I)cc1/C=C1\Sc2ccccc2C1=O. The van der Waals surface area contributed by atoms with Gasteiger partial charge in [0.1, 0.15) is 12.4 Å². The van der Waals surface area contributed by atoms with Gasteiger partial charge >= 0.3 is 0 Å². The number of terminal acetylenes is 1. The van der Waals surface area contributed by atoms with E-state index in [9.17, 15) is 4.79 Å². The van der Waals surface area contributed by atoms with Gasteiger partial charge in [0.15, 0.2) is 0 Å². The highest BCUT2D eigenvalue weighted by molar-refractivity contribution is 14.1. The molecule has 0 amide bonds. The third-order valence-corrected chi connectivity index (χ3v) is 5.72. The minimum Gasteiger partial charge on any atom is -0.479 e. The standard InChI is InChI=1S/C18H10I2O2S/c1-2-7-22-18-11(8-12(19)10-14(18)20)9-16-17(21)13-5-3-4-6-15(13)23-16/h1,3-6,8-10H,7H2/b16-9-. The average Bonchev–Trinajstić information content (AvgIpc) is 2.83. The van der Waals surface area contributed by atoms with Crippen LogP contribution in [0.5, 0.6) is 5.75 Å². The molecule has 2 nitrogen and oxygen atoms in total. The maximum absolute atomic E-state index is 12.5. The van der Waals surface area contributed by atoms with Crippen LogP contribution in [-0.2, 0) is 0 Å². The molecule has 1 heterocycles. The number of Topliss-reactive ketones (excluding diaryl/α,β-unsaturated/α-hetero) is 1. The van der Waals surface area contributed by atoms with E-state index >= 15 is 0 Å². The summed E-state index contributed by atoms with van der Waals surface area (Å²) in [6.45, 7) is 0.202. The number of benzene rings is 2. The Bertz CT molecular complexity index is 866. The van der Waals surface area contributed by atoms with E-state index in [4.69, 9.17) is 11.2 Å². The number of halogens is 2. The molecule has 23 heavy (non-hydrogen) atoms. The van der Waals surface area contributed by atoms with E-state index in [2.05, 4.69) is 51.1 Å². The minimum absolute atomic E-state index is 0.0577. The van der Waals surface area contributed by atoms with E-state index in [-0.39, 0.29) is 12.4 Å². The van der Waals surface area contributed by atoms with Crippen molar-refractivity contribution in [3.63, 3.8) is 0 Å². The van der Waals surface area contributed by atoms with Crippen LogP contribution in [0.3, 0.4) is 0 Å². The van der Waals surface area contributed by atoms with Gasteiger partial charge in [-0.2, -0.15) is 0 Å². The van der Waals surface area contributed by atoms with Crippen LogP contribution >= 0.6 is 56.9 Å². The number of allylic oxidation sites excluding steroid dienone is 1. The third kappa shape index (κ3) is 3.59. The minimum atomic E-state index is 0.0577. The van der Waals surface area contributed by atoms with Crippen LogP contribution in [0, 0.1) is 19.5 Å². The van der Waals surface area contributed by atoms with Gasteiger partial charge in [-0.15, -0.1) is 6.42 Å². The second-order valence-corrected chi connectivity index (χ2v) is 8.23. The molecule has 0 radical (unpaired) electrons. The number of ketones is 1. The molecule has 1 aliphatic heterocycles. The fraction of sp³-hybridized carbons (Fsp3) is 0.0556. The van der Waals surface area contributed by atoms with Gasteiger partial charge < -0.3 is 4.74 Å². The summed E-state index contributed by atoms with van der Waals surface area (Å²) in [6, 6.07) is 11.7. The second kappa shape index (κ2) is 7.28. The summed E-state index contributed by atoms with van der Waals surface area (Å²) in [5, 5.41) is 0. The summed E-state index contributed by atoms with van der Waals surface area (Å²) in [4.78, 5) is 14.2. The largest absolute Gasteiger partial charge is 0.479 e. The Morgan fingerprint density at radius 1 is 1.26 bits per heavy atom. The maximum atomic E-state index is 12.5. The quantitative estimate of drug-likeness (QED) is 0.301. The number of carbonyl (C=O) groups is 1. The van der Waals surface area contributed by atoms with Crippen LogP contribution in [0.25, 0.3) is 6.08 Å². The molecule has 3 rings (SSSR count). The van der Waals surface area contributed by atoms with E-state index in [0.29, 0.717) is 4.91 Å². The van der Waals surface area contributed by atoms with Crippen molar-refractivity contribution in [1.29, 1.82) is 0 Å². The monoisotopic (exact) mass is 544 g/mol. The van der Waals surface area contributed by atoms with Crippen LogP contribution in [-0.4, -0.2) is 12.4 Å². The van der Waals surface area contributed by atoms with Crippen LogP contribution in [0.4, 0.5) is 0 Å². The number of hydrogen-bond acceptors (Lipinski definition) is 3. The Kier molecular flexibility index (Phi) is 5.34. The zero-order valence-corrected chi connectivity index (χ0v) is 16.9. The highest BCUT2D eigenvalue weighted by Gasteiger charge is 2.25. The Labute approximate surface area is 166 Å². The number of ether oxygens (including phenoxy) is 1. The molecule has 0 aliphatic carbocycles. The molecule has 114 valence electrons. The van der Waals surface area contributed by atoms with E-state index in [1.54, 1.807) is 0 Å². The van der Waals surface area contributed by atoms with Crippen molar-refractivity contribution in [1.82, 2.24) is 0 Å². The van der Waals surface area contributed by atoms with Gasteiger partial charge in [0.05, 0.1) is 8.48 Å².